The zero-order valence-corrected chi connectivity index (χ0v) is 13.9. The molecule has 0 aliphatic carbocycles. The number of carboxylic acid groups (broad SMARTS) is 1. The molecule has 4 nitrogen and oxygen atoms in total. The zero-order valence-electron chi connectivity index (χ0n) is 12.2. The van der Waals surface area contributed by atoms with E-state index in [2.05, 4.69) is 17.9 Å². The fraction of sp³-hybridized carbons (Fsp3) is 0.467. The van der Waals surface area contributed by atoms with E-state index in [0.29, 0.717) is 11.5 Å². The van der Waals surface area contributed by atoms with Crippen LogP contribution in [-0.2, 0) is 15.3 Å². The number of carboxylic acids is 1. The summed E-state index contributed by atoms with van der Waals surface area (Å²) in [6.45, 7) is 3.75. The van der Waals surface area contributed by atoms with Crippen molar-refractivity contribution in [3.05, 3.63) is 35.4 Å². The highest BCUT2D eigenvalue weighted by molar-refractivity contribution is 7.98. The first-order chi connectivity index (χ1) is 9.93. The minimum absolute atomic E-state index is 0.270. The van der Waals surface area contributed by atoms with E-state index in [9.17, 15) is 9.59 Å². The van der Waals surface area contributed by atoms with Crippen LogP contribution < -0.4 is 5.32 Å². The molecule has 0 fully saturated rings. The van der Waals surface area contributed by atoms with Crippen molar-refractivity contribution in [1.29, 1.82) is 0 Å². The standard InChI is InChI=1S/C15H21NO3S2/c1-10-3-5-12(6-4-10)8-21-9-13(15(18)19)16-14(17)11(2)7-20/h3-6,11,13,20H,7-9H2,1-2H3,(H,16,17)(H,18,19)/t11-,13+/m1/s1. The Morgan fingerprint density at radius 2 is 1.95 bits per heavy atom. The van der Waals surface area contributed by atoms with E-state index < -0.39 is 12.0 Å². The molecule has 0 saturated heterocycles. The van der Waals surface area contributed by atoms with Gasteiger partial charge in [0.1, 0.15) is 6.04 Å². The number of thioether (sulfide) groups is 1. The molecule has 0 bridgehead atoms. The van der Waals surface area contributed by atoms with Crippen LogP contribution in [0.5, 0.6) is 0 Å². The van der Waals surface area contributed by atoms with Gasteiger partial charge in [0.2, 0.25) is 5.91 Å². The van der Waals surface area contributed by atoms with Crippen LogP contribution >= 0.6 is 24.4 Å². The van der Waals surface area contributed by atoms with E-state index in [1.54, 1.807) is 6.92 Å². The Morgan fingerprint density at radius 1 is 1.33 bits per heavy atom. The summed E-state index contributed by atoms with van der Waals surface area (Å²) in [4.78, 5) is 22.9. The van der Waals surface area contributed by atoms with Gasteiger partial charge >= 0.3 is 5.97 Å². The predicted octanol–water partition coefficient (Wildman–Crippen LogP) is 2.36. The average molecular weight is 327 g/mol. The summed E-state index contributed by atoms with van der Waals surface area (Å²) < 4.78 is 0. The van der Waals surface area contributed by atoms with Crippen molar-refractivity contribution in [3.63, 3.8) is 0 Å². The Morgan fingerprint density at radius 3 is 2.48 bits per heavy atom. The van der Waals surface area contributed by atoms with Crippen molar-refractivity contribution in [2.75, 3.05) is 11.5 Å². The number of amides is 1. The second-order valence-corrected chi connectivity index (χ2v) is 6.38. The Balaban J connectivity index is 2.46. The number of nitrogens with one attached hydrogen (secondary N) is 1. The van der Waals surface area contributed by atoms with Gasteiger partial charge in [-0.3, -0.25) is 4.79 Å². The van der Waals surface area contributed by atoms with Gasteiger partial charge in [0.05, 0.1) is 0 Å². The minimum atomic E-state index is -1.01. The van der Waals surface area contributed by atoms with Crippen molar-refractivity contribution in [3.8, 4) is 0 Å². The number of benzene rings is 1. The van der Waals surface area contributed by atoms with Gasteiger partial charge in [-0.2, -0.15) is 24.4 Å². The van der Waals surface area contributed by atoms with Crippen LogP contribution in [0.25, 0.3) is 0 Å². The molecule has 0 spiro atoms. The van der Waals surface area contributed by atoms with Crippen LogP contribution in [0.4, 0.5) is 0 Å². The van der Waals surface area contributed by atoms with E-state index >= 15 is 0 Å². The molecule has 0 saturated carbocycles. The van der Waals surface area contributed by atoms with Gasteiger partial charge in [0.15, 0.2) is 0 Å². The fourth-order valence-electron chi connectivity index (χ4n) is 1.55. The predicted molar refractivity (Wildman–Crippen MR) is 89.9 cm³/mol. The third kappa shape index (κ3) is 6.44. The number of hydrogen-bond acceptors (Lipinski definition) is 4. The normalized spacial score (nSPS) is 13.5. The molecule has 116 valence electrons. The number of thiol groups is 1. The molecular formula is C15H21NO3S2. The molecular weight excluding hydrogens is 306 g/mol. The summed E-state index contributed by atoms with van der Waals surface area (Å²) in [7, 11) is 0. The zero-order chi connectivity index (χ0) is 15.8. The van der Waals surface area contributed by atoms with Crippen LogP contribution in [0, 0.1) is 12.8 Å². The largest absolute Gasteiger partial charge is 0.480 e. The maximum Gasteiger partial charge on any atom is 0.327 e. The van der Waals surface area contributed by atoms with Gasteiger partial charge in [0, 0.05) is 23.2 Å². The number of rotatable bonds is 8. The molecule has 1 amide bonds. The monoisotopic (exact) mass is 327 g/mol. The van der Waals surface area contributed by atoms with Gasteiger partial charge < -0.3 is 10.4 Å². The highest BCUT2D eigenvalue weighted by Gasteiger charge is 2.22. The molecule has 2 N–H and O–H groups in total. The Hall–Kier alpha value is -1.14. The first-order valence-electron chi connectivity index (χ1n) is 6.71. The number of aryl methyl sites for hydroxylation is 1. The van der Waals surface area contributed by atoms with Crippen LogP contribution in [-0.4, -0.2) is 34.5 Å². The summed E-state index contributed by atoms with van der Waals surface area (Å²) >= 11 is 5.54. The highest BCUT2D eigenvalue weighted by atomic mass is 32.2. The molecule has 1 rings (SSSR count). The van der Waals surface area contributed by atoms with Crippen molar-refractivity contribution in [2.45, 2.75) is 25.6 Å². The van der Waals surface area contributed by atoms with E-state index in [0.717, 1.165) is 11.3 Å². The molecule has 0 aromatic heterocycles. The number of aliphatic carboxylic acids is 1. The summed E-state index contributed by atoms with van der Waals surface area (Å²) in [6, 6.07) is 7.25. The molecule has 0 aliphatic rings. The van der Waals surface area contributed by atoms with E-state index in [1.165, 1.54) is 17.3 Å². The van der Waals surface area contributed by atoms with Gasteiger partial charge in [-0.05, 0) is 12.5 Å². The van der Waals surface area contributed by atoms with Crippen LogP contribution in [0.2, 0.25) is 0 Å². The molecule has 0 heterocycles. The van der Waals surface area contributed by atoms with Gasteiger partial charge in [-0.25, -0.2) is 4.79 Å². The lowest BCUT2D eigenvalue weighted by Gasteiger charge is -2.16. The Bertz CT molecular complexity index is 476. The quantitative estimate of drug-likeness (QED) is 0.641. The maximum absolute atomic E-state index is 11.7. The molecule has 0 unspecified atom stereocenters. The Labute approximate surface area is 135 Å². The topological polar surface area (TPSA) is 66.4 Å². The molecule has 2 atom stereocenters. The Kier molecular flexibility index (Phi) is 7.67. The number of hydrogen-bond donors (Lipinski definition) is 3. The van der Waals surface area contributed by atoms with Crippen LogP contribution in [0.3, 0.4) is 0 Å². The summed E-state index contributed by atoms with van der Waals surface area (Å²) in [5.41, 5.74) is 2.34. The van der Waals surface area contributed by atoms with E-state index in [4.69, 9.17) is 5.11 Å². The SMILES string of the molecule is Cc1ccc(CSC[C@H](NC(=O)[C@H](C)CS)C(=O)O)cc1. The number of carbonyl (C=O) groups is 2. The van der Waals surface area contributed by atoms with E-state index in [-0.39, 0.29) is 11.8 Å². The first-order valence-corrected chi connectivity index (χ1v) is 8.50. The molecule has 21 heavy (non-hydrogen) atoms. The van der Waals surface area contributed by atoms with Gasteiger partial charge in [-0.15, -0.1) is 0 Å². The highest BCUT2D eigenvalue weighted by Crippen LogP contribution is 2.14. The minimum Gasteiger partial charge on any atom is -0.480 e. The van der Waals surface area contributed by atoms with Gasteiger partial charge in [0.25, 0.3) is 0 Å². The van der Waals surface area contributed by atoms with Crippen molar-refractivity contribution in [1.82, 2.24) is 5.32 Å². The number of carbonyl (C=O) groups excluding carboxylic acids is 1. The third-order valence-corrected chi connectivity index (χ3v) is 4.66. The van der Waals surface area contributed by atoms with Crippen LogP contribution in [0.15, 0.2) is 24.3 Å². The van der Waals surface area contributed by atoms with Gasteiger partial charge in [-0.1, -0.05) is 36.8 Å². The smallest absolute Gasteiger partial charge is 0.327 e. The summed E-state index contributed by atoms with van der Waals surface area (Å²) in [5.74, 6) is -0.109. The molecule has 1 aromatic carbocycles. The lowest BCUT2D eigenvalue weighted by Crippen LogP contribution is -2.45. The lowest BCUT2D eigenvalue weighted by molar-refractivity contribution is -0.141. The fourth-order valence-corrected chi connectivity index (χ4v) is 2.72. The average Bonchev–Trinajstić information content (AvgIpc) is 2.46. The third-order valence-electron chi connectivity index (χ3n) is 3.01. The molecule has 6 heteroatoms. The maximum atomic E-state index is 11.7. The molecule has 0 radical (unpaired) electrons. The van der Waals surface area contributed by atoms with Crippen LogP contribution in [0.1, 0.15) is 18.1 Å². The molecule has 0 aliphatic heterocycles. The van der Waals surface area contributed by atoms with Crippen molar-refractivity contribution in [2.24, 2.45) is 5.92 Å². The second kappa shape index (κ2) is 9.00. The van der Waals surface area contributed by atoms with E-state index in [1.807, 2.05) is 31.2 Å². The summed E-state index contributed by atoms with van der Waals surface area (Å²) in [5, 5.41) is 11.7. The first kappa shape index (κ1) is 17.9. The lowest BCUT2D eigenvalue weighted by atomic mass is 10.2. The second-order valence-electron chi connectivity index (χ2n) is 4.98. The molecule has 1 aromatic rings. The summed E-state index contributed by atoms with van der Waals surface area (Å²) in [6.07, 6.45) is 0. The van der Waals surface area contributed by atoms with Crippen molar-refractivity contribution < 1.29 is 14.7 Å². The van der Waals surface area contributed by atoms with Crippen molar-refractivity contribution >= 4 is 36.3 Å².